The molecule has 0 radical (unpaired) electrons. The standard InChI is InChI=1S/C21H27ClN2O/c1-13-8-9-15(22)12-17(13)23-24-18-11-14(20(2,3)4)10-16(19(18)25)21(5,6)7/h8-12,24-25H,1H2,2-7H3/b23-17-. The van der Waals surface area contributed by atoms with Crippen LogP contribution >= 0.6 is 11.6 Å². The van der Waals surface area contributed by atoms with E-state index in [0.29, 0.717) is 16.4 Å². The molecule has 0 amide bonds. The van der Waals surface area contributed by atoms with Gasteiger partial charge in [-0.2, -0.15) is 5.10 Å². The Morgan fingerprint density at radius 3 is 2.24 bits per heavy atom. The summed E-state index contributed by atoms with van der Waals surface area (Å²) < 4.78 is 0. The number of hydrogen-bond acceptors (Lipinski definition) is 3. The number of phenols is 1. The first-order valence-electron chi connectivity index (χ1n) is 8.36. The van der Waals surface area contributed by atoms with Crippen molar-refractivity contribution in [2.45, 2.75) is 52.4 Å². The number of halogens is 1. The van der Waals surface area contributed by atoms with E-state index < -0.39 is 0 Å². The lowest BCUT2D eigenvalue weighted by Crippen LogP contribution is -2.17. The highest BCUT2D eigenvalue weighted by Crippen LogP contribution is 2.40. The SMILES string of the molecule is C=C1C=CC(Cl)=C/C1=N/Nc1cc(C(C)(C)C)cc(C(C)(C)C)c1O. The number of nitrogens with zero attached hydrogens (tertiary/aromatic N) is 1. The fourth-order valence-electron chi connectivity index (χ4n) is 2.49. The number of nitrogens with one attached hydrogen (secondary N) is 1. The third-order valence-electron chi connectivity index (χ3n) is 4.13. The van der Waals surface area contributed by atoms with E-state index in [1.54, 1.807) is 12.2 Å². The largest absolute Gasteiger partial charge is 0.505 e. The van der Waals surface area contributed by atoms with Crippen LogP contribution in [0, 0.1) is 0 Å². The van der Waals surface area contributed by atoms with Crippen molar-refractivity contribution in [2.24, 2.45) is 5.10 Å². The highest BCUT2D eigenvalue weighted by molar-refractivity contribution is 6.34. The summed E-state index contributed by atoms with van der Waals surface area (Å²) in [7, 11) is 0. The smallest absolute Gasteiger partial charge is 0.144 e. The molecule has 1 aromatic rings. The fraction of sp³-hybridized carbons (Fsp3) is 0.381. The van der Waals surface area contributed by atoms with Crippen molar-refractivity contribution in [2.75, 3.05) is 5.43 Å². The molecule has 0 spiro atoms. The van der Waals surface area contributed by atoms with Crippen molar-refractivity contribution in [3.05, 3.63) is 58.7 Å². The zero-order valence-electron chi connectivity index (χ0n) is 15.9. The Hall–Kier alpha value is -2.00. The van der Waals surface area contributed by atoms with E-state index in [9.17, 15) is 5.11 Å². The summed E-state index contributed by atoms with van der Waals surface area (Å²) in [5.74, 6) is 0.219. The van der Waals surface area contributed by atoms with Gasteiger partial charge in [0.15, 0.2) is 0 Å². The van der Waals surface area contributed by atoms with Gasteiger partial charge in [-0.25, -0.2) is 0 Å². The summed E-state index contributed by atoms with van der Waals surface area (Å²) in [6, 6.07) is 4.02. The molecule has 0 aromatic heterocycles. The summed E-state index contributed by atoms with van der Waals surface area (Å²) >= 11 is 6.04. The third kappa shape index (κ3) is 4.55. The van der Waals surface area contributed by atoms with E-state index in [1.807, 2.05) is 12.1 Å². The van der Waals surface area contributed by atoms with Crippen molar-refractivity contribution >= 4 is 23.0 Å². The molecule has 0 unspecified atom stereocenters. The van der Waals surface area contributed by atoms with Crippen LogP contribution in [0.15, 0.2) is 52.6 Å². The van der Waals surface area contributed by atoms with Crippen molar-refractivity contribution in [3.63, 3.8) is 0 Å². The Balaban J connectivity index is 2.50. The van der Waals surface area contributed by atoms with E-state index >= 15 is 0 Å². The van der Waals surface area contributed by atoms with Gasteiger partial charge in [0.05, 0.1) is 11.4 Å². The van der Waals surface area contributed by atoms with Crippen LogP contribution in [0.5, 0.6) is 5.75 Å². The van der Waals surface area contributed by atoms with Gasteiger partial charge in [-0.3, -0.25) is 5.43 Å². The zero-order valence-corrected chi connectivity index (χ0v) is 16.6. The number of phenolic OH excluding ortho intramolecular Hbond substituents is 1. The van der Waals surface area contributed by atoms with Crippen LogP contribution in [0.3, 0.4) is 0 Å². The number of allylic oxidation sites excluding steroid dienone is 5. The maximum absolute atomic E-state index is 10.8. The van der Waals surface area contributed by atoms with Gasteiger partial charge in [0.2, 0.25) is 0 Å². The Kier molecular flexibility index (Phi) is 5.19. The summed E-state index contributed by atoms with van der Waals surface area (Å²) in [6.45, 7) is 16.7. The van der Waals surface area contributed by atoms with Gasteiger partial charge < -0.3 is 5.11 Å². The number of hydrogen-bond donors (Lipinski definition) is 2. The third-order valence-corrected chi connectivity index (χ3v) is 4.36. The molecule has 134 valence electrons. The second-order valence-corrected chi connectivity index (χ2v) is 8.85. The summed E-state index contributed by atoms with van der Waals surface area (Å²) in [6.07, 6.45) is 5.33. The van der Waals surface area contributed by atoms with Gasteiger partial charge in [0, 0.05) is 10.6 Å². The maximum atomic E-state index is 10.8. The predicted molar refractivity (Wildman–Crippen MR) is 109 cm³/mol. The molecule has 1 aliphatic rings. The molecule has 0 saturated carbocycles. The van der Waals surface area contributed by atoms with E-state index in [-0.39, 0.29) is 16.6 Å². The minimum Gasteiger partial charge on any atom is -0.505 e. The minimum absolute atomic E-state index is 0.0440. The Bertz CT molecular complexity index is 787. The number of hydrazone groups is 1. The van der Waals surface area contributed by atoms with Gasteiger partial charge in [0.1, 0.15) is 5.75 Å². The van der Waals surface area contributed by atoms with Crippen molar-refractivity contribution in [1.29, 1.82) is 0 Å². The normalized spacial score (nSPS) is 17.0. The Labute approximate surface area is 155 Å². The molecule has 2 rings (SSSR count). The molecule has 3 nitrogen and oxygen atoms in total. The number of benzene rings is 1. The first kappa shape index (κ1) is 19.3. The summed E-state index contributed by atoms with van der Waals surface area (Å²) in [5, 5.41) is 15.7. The average Bonchev–Trinajstić information content (AvgIpc) is 2.47. The molecule has 0 heterocycles. The van der Waals surface area contributed by atoms with Crippen LogP contribution in [-0.2, 0) is 10.8 Å². The van der Waals surface area contributed by atoms with Gasteiger partial charge in [-0.15, -0.1) is 0 Å². The molecule has 1 aliphatic carbocycles. The van der Waals surface area contributed by atoms with Crippen molar-refractivity contribution in [1.82, 2.24) is 0 Å². The van der Waals surface area contributed by atoms with Crippen LogP contribution < -0.4 is 5.43 Å². The van der Waals surface area contributed by atoms with Crippen LogP contribution in [0.1, 0.15) is 52.7 Å². The fourth-order valence-corrected chi connectivity index (χ4v) is 2.65. The highest BCUT2D eigenvalue weighted by atomic mass is 35.5. The first-order chi connectivity index (χ1) is 11.4. The van der Waals surface area contributed by atoms with E-state index in [0.717, 1.165) is 16.7 Å². The zero-order chi connectivity index (χ0) is 19.0. The lowest BCUT2D eigenvalue weighted by molar-refractivity contribution is 0.446. The number of aromatic hydroxyl groups is 1. The summed E-state index contributed by atoms with van der Waals surface area (Å²) in [4.78, 5) is 0. The molecule has 4 heteroatoms. The Morgan fingerprint density at radius 2 is 1.68 bits per heavy atom. The van der Waals surface area contributed by atoms with Crippen LogP contribution in [0.25, 0.3) is 0 Å². The molecular formula is C21H27ClN2O. The lowest BCUT2D eigenvalue weighted by atomic mass is 9.80. The molecule has 25 heavy (non-hydrogen) atoms. The topological polar surface area (TPSA) is 44.6 Å². The second-order valence-electron chi connectivity index (χ2n) is 8.42. The van der Waals surface area contributed by atoms with Crippen LogP contribution in [0.2, 0.25) is 0 Å². The quantitative estimate of drug-likeness (QED) is 0.502. The first-order valence-corrected chi connectivity index (χ1v) is 8.73. The molecule has 0 fully saturated rings. The average molecular weight is 359 g/mol. The van der Waals surface area contributed by atoms with E-state index in [4.69, 9.17) is 11.6 Å². The van der Waals surface area contributed by atoms with E-state index in [1.165, 1.54) is 0 Å². The molecule has 0 atom stereocenters. The van der Waals surface area contributed by atoms with E-state index in [2.05, 4.69) is 64.7 Å². The molecule has 0 saturated heterocycles. The molecule has 0 bridgehead atoms. The monoisotopic (exact) mass is 358 g/mol. The summed E-state index contributed by atoms with van der Waals surface area (Å²) in [5.41, 5.74) is 6.78. The van der Waals surface area contributed by atoms with Crippen LogP contribution in [0.4, 0.5) is 5.69 Å². The van der Waals surface area contributed by atoms with Crippen molar-refractivity contribution < 1.29 is 5.11 Å². The number of rotatable bonds is 2. The Morgan fingerprint density at radius 1 is 1.04 bits per heavy atom. The molecule has 0 aliphatic heterocycles. The minimum atomic E-state index is -0.185. The van der Waals surface area contributed by atoms with Gasteiger partial charge in [-0.05, 0) is 40.2 Å². The second kappa shape index (κ2) is 6.72. The maximum Gasteiger partial charge on any atom is 0.144 e. The van der Waals surface area contributed by atoms with Crippen molar-refractivity contribution in [3.8, 4) is 5.75 Å². The van der Waals surface area contributed by atoms with Crippen LogP contribution in [-0.4, -0.2) is 10.8 Å². The lowest BCUT2D eigenvalue weighted by Gasteiger charge is -2.27. The predicted octanol–water partition coefficient (Wildman–Crippen LogP) is 6.00. The van der Waals surface area contributed by atoms with Gasteiger partial charge in [0.25, 0.3) is 0 Å². The molecule has 2 N–H and O–H groups in total. The highest BCUT2D eigenvalue weighted by Gasteiger charge is 2.25. The van der Waals surface area contributed by atoms with Gasteiger partial charge >= 0.3 is 0 Å². The molecular weight excluding hydrogens is 332 g/mol. The molecule has 1 aromatic carbocycles. The number of anilines is 1. The van der Waals surface area contributed by atoms with Gasteiger partial charge in [-0.1, -0.05) is 71.9 Å².